The summed E-state index contributed by atoms with van der Waals surface area (Å²) in [7, 11) is 1.58. The third-order valence-corrected chi connectivity index (χ3v) is 2.96. The molecule has 0 aromatic heterocycles. The van der Waals surface area contributed by atoms with Gasteiger partial charge in [0.25, 0.3) is 0 Å². The lowest BCUT2D eigenvalue weighted by Gasteiger charge is -2.28. The van der Waals surface area contributed by atoms with Gasteiger partial charge in [0.2, 0.25) is 5.91 Å². The number of ether oxygens (including phenoxy) is 2. The molecule has 0 aliphatic carbocycles. The number of β-amino-alcohol motifs (C(OH)–C–C–N with tert-alkyl or cyclic N) is 1. The number of aliphatic hydroxyl groups is 1. The van der Waals surface area contributed by atoms with Gasteiger partial charge in [-0.3, -0.25) is 4.79 Å². The zero-order valence-corrected chi connectivity index (χ0v) is 10.3. The first-order valence-corrected chi connectivity index (χ1v) is 5.88. The number of morpholine rings is 1. The van der Waals surface area contributed by atoms with Crippen molar-refractivity contribution < 1.29 is 19.4 Å². The van der Waals surface area contributed by atoms with Crippen LogP contribution in [0.1, 0.15) is 11.7 Å². The van der Waals surface area contributed by atoms with E-state index >= 15 is 0 Å². The monoisotopic (exact) mass is 251 g/mol. The molecule has 2 rings (SSSR count). The molecule has 1 N–H and O–H groups in total. The Morgan fingerprint density at radius 3 is 3.11 bits per heavy atom. The molecule has 98 valence electrons. The lowest BCUT2D eigenvalue weighted by Crippen LogP contribution is -2.43. The maximum Gasteiger partial charge on any atom is 0.248 e. The van der Waals surface area contributed by atoms with Gasteiger partial charge >= 0.3 is 0 Å². The topological polar surface area (TPSA) is 59.0 Å². The van der Waals surface area contributed by atoms with E-state index in [1.54, 1.807) is 18.1 Å². The quantitative estimate of drug-likeness (QED) is 0.850. The molecule has 0 bridgehead atoms. The average molecular weight is 251 g/mol. The Labute approximate surface area is 106 Å². The Bertz CT molecular complexity index is 421. The van der Waals surface area contributed by atoms with Gasteiger partial charge in [-0.1, -0.05) is 12.1 Å². The molecule has 0 radical (unpaired) electrons. The summed E-state index contributed by atoms with van der Waals surface area (Å²) in [6, 6.07) is 7.22. The van der Waals surface area contributed by atoms with Crippen LogP contribution in [0.25, 0.3) is 0 Å². The molecule has 1 amide bonds. The third-order valence-electron chi connectivity index (χ3n) is 2.96. The number of rotatable bonds is 4. The molecular formula is C13H17NO4. The molecule has 1 atom stereocenters. The van der Waals surface area contributed by atoms with E-state index < -0.39 is 6.10 Å². The van der Waals surface area contributed by atoms with Gasteiger partial charge in [0.15, 0.2) is 0 Å². The Balaban J connectivity index is 2.01. The smallest absolute Gasteiger partial charge is 0.248 e. The largest absolute Gasteiger partial charge is 0.497 e. The van der Waals surface area contributed by atoms with E-state index in [-0.39, 0.29) is 19.1 Å². The highest BCUT2D eigenvalue weighted by atomic mass is 16.5. The molecule has 5 nitrogen and oxygen atoms in total. The van der Waals surface area contributed by atoms with Crippen molar-refractivity contribution in [3.05, 3.63) is 29.8 Å². The van der Waals surface area contributed by atoms with Crippen LogP contribution >= 0.6 is 0 Å². The Morgan fingerprint density at radius 2 is 2.39 bits per heavy atom. The predicted molar refractivity (Wildman–Crippen MR) is 65.4 cm³/mol. The minimum Gasteiger partial charge on any atom is -0.497 e. The first-order chi connectivity index (χ1) is 8.70. The minimum absolute atomic E-state index is 0.0804. The van der Waals surface area contributed by atoms with E-state index in [0.29, 0.717) is 18.9 Å². The number of nitrogens with zero attached hydrogens (tertiary/aromatic N) is 1. The summed E-state index contributed by atoms with van der Waals surface area (Å²) in [4.78, 5) is 13.2. The fourth-order valence-electron chi connectivity index (χ4n) is 1.91. The fourth-order valence-corrected chi connectivity index (χ4v) is 1.91. The molecule has 18 heavy (non-hydrogen) atoms. The molecule has 1 aromatic carbocycles. The van der Waals surface area contributed by atoms with E-state index in [4.69, 9.17) is 9.47 Å². The van der Waals surface area contributed by atoms with E-state index in [1.165, 1.54) is 0 Å². The van der Waals surface area contributed by atoms with Gasteiger partial charge in [0.05, 0.1) is 26.4 Å². The van der Waals surface area contributed by atoms with E-state index in [0.717, 1.165) is 5.56 Å². The summed E-state index contributed by atoms with van der Waals surface area (Å²) in [6.45, 7) is 1.44. The Kier molecular flexibility index (Phi) is 4.17. The van der Waals surface area contributed by atoms with Crippen molar-refractivity contribution in [2.75, 3.05) is 33.4 Å². The van der Waals surface area contributed by atoms with Gasteiger partial charge in [0, 0.05) is 6.54 Å². The van der Waals surface area contributed by atoms with Gasteiger partial charge < -0.3 is 19.5 Å². The molecule has 5 heteroatoms. The van der Waals surface area contributed by atoms with E-state index in [9.17, 15) is 9.90 Å². The van der Waals surface area contributed by atoms with Crippen molar-refractivity contribution in [2.45, 2.75) is 6.10 Å². The van der Waals surface area contributed by atoms with Crippen molar-refractivity contribution in [3.63, 3.8) is 0 Å². The Hall–Kier alpha value is -1.59. The van der Waals surface area contributed by atoms with Gasteiger partial charge in [-0.15, -0.1) is 0 Å². The molecule has 0 saturated carbocycles. The third kappa shape index (κ3) is 3.00. The highest BCUT2D eigenvalue weighted by Gasteiger charge is 2.22. The van der Waals surface area contributed by atoms with Crippen LogP contribution in [-0.4, -0.2) is 49.3 Å². The summed E-state index contributed by atoms with van der Waals surface area (Å²) < 4.78 is 10.1. The summed E-state index contributed by atoms with van der Waals surface area (Å²) in [6.07, 6.45) is -0.706. The minimum atomic E-state index is -0.706. The second-order valence-corrected chi connectivity index (χ2v) is 4.18. The number of hydrogen-bond acceptors (Lipinski definition) is 4. The van der Waals surface area contributed by atoms with Crippen molar-refractivity contribution in [2.24, 2.45) is 0 Å². The number of carbonyl (C=O) groups excluding carboxylic acids is 1. The van der Waals surface area contributed by atoms with Crippen molar-refractivity contribution in [1.82, 2.24) is 4.90 Å². The lowest BCUT2D eigenvalue weighted by molar-refractivity contribution is -0.144. The van der Waals surface area contributed by atoms with Crippen LogP contribution in [0.5, 0.6) is 5.75 Å². The molecule has 1 aliphatic rings. The summed E-state index contributed by atoms with van der Waals surface area (Å²) >= 11 is 0. The number of aliphatic hydroxyl groups excluding tert-OH is 1. The Morgan fingerprint density at radius 1 is 1.56 bits per heavy atom. The number of benzene rings is 1. The van der Waals surface area contributed by atoms with Crippen molar-refractivity contribution >= 4 is 5.91 Å². The SMILES string of the molecule is COc1cccc(C(O)CN2CCOCC2=O)c1. The van der Waals surface area contributed by atoms with Gasteiger partial charge in [-0.05, 0) is 17.7 Å². The number of amides is 1. The van der Waals surface area contributed by atoms with Crippen LogP contribution in [-0.2, 0) is 9.53 Å². The molecule has 0 spiro atoms. The summed E-state index contributed by atoms with van der Waals surface area (Å²) in [5.41, 5.74) is 0.744. The molecule has 1 unspecified atom stereocenters. The molecular weight excluding hydrogens is 234 g/mol. The van der Waals surface area contributed by atoms with Crippen LogP contribution < -0.4 is 4.74 Å². The molecule has 1 fully saturated rings. The standard InChI is InChI=1S/C13H17NO4/c1-17-11-4-2-3-10(7-11)12(15)8-14-5-6-18-9-13(14)16/h2-4,7,12,15H,5-6,8-9H2,1H3. The maximum absolute atomic E-state index is 11.5. The van der Waals surface area contributed by atoms with Crippen LogP contribution in [0.15, 0.2) is 24.3 Å². The normalized spacial score (nSPS) is 17.7. The van der Waals surface area contributed by atoms with E-state index in [1.807, 2.05) is 18.2 Å². The predicted octanol–water partition coefficient (Wildman–Crippen LogP) is 0.587. The number of hydrogen-bond donors (Lipinski definition) is 1. The highest BCUT2D eigenvalue weighted by molar-refractivity contribution is 5.78. The van der Waals surface area contributed by atoms with Gasteiger partial charge in [-0.25, -0.2) is 0 Å². The summed E-state index contributed by atoms with van der Waals surface area (Å²) in [5.74, 6) is 0.614. The van der Waals surface area contributed by atoms with Gasteiger partial charge in [0.1, 0.15) is 12.4 Å². The first-order valence-electron chi connectivity index (χ1n) is 5.88. The zero-order chi connectivity index (χ0) is 13.0. The average Bonchev–Trinajstić information content (AvgIpc) is 2.41. The molecule has 1 aliphatic heterocycles. The summed E-state index contributed by atoms with van der Waals surface area (Å²) in [5, 5.41) is 10.1. The maximum atomic E-state index is 11.5. The van der Waals surface area contributed by atoms with Crippen molar-refractivity contribution in [3.8, 4) is 5.75 Å². The van der Waals surface area contributed by atoms with E-state index in [2.05, 4.69) is 0 Å². The number of carbonyl (C=O) groups is 1. The van der Waals surface area contributed by atoms with Gasteiger partial charge in [-0.2, -0.15) is 0 Å². The molecule has 1 heterocycles. The lowest BCUT2D eigenvalue weighted by atomic mass is 10.1. The second kappa shape index (κ2) is 5.84. The van der Waals surface area contributed by atoms with Crippen LogP contribution in [0.2, 0.25) is 0 Å². The van der Waals surface area contributed by atoms with Crippen LogP contribution in [0, 0.1) is 0 Å². The second-order valence-electron chi connectivity index (χ2n) is 4.18. The highest BCUT2D eigenvalue weighted by Crippen LogP contribution is 2.20. The first kappa shape index (κ1) is 12.9. The van der Waals surface area contributed by atoms with Crippen LogP contribution in [0.3, 0.4) is 0 Å². The van der Waals surface area contributed by atoms with Crippen LogP contribution in [0.4, 0.5) is 0 Å². The zero-order valence-electron chi connectivity index (χ0n) is 10.3. The van der Waals surface area contributed by atoms with Crippen molar-refractivity contribution in [1.29, 1.82) is 0 Å². The molecule has 1 saturated heterocycles. The number of methoxy groups -OCH3 is 1. The fraction of sp³-hybridized carbons (Fsp3) is 0.462. The molecule has 1 aromatic rings.